The first-order chi connectivity index (χ1) is 9.51. The Morgan fingerprint density at radius 1 is 1.30 bits per heavy atom. The number of morpholine rings is 1. The van der Waals surface area contributed by atoms with Gasteiger partial charge >= 0.3 is 0 Å². The number of benzene rings is 1. The van der Waals surface area contributed by atoms with Gasteiger partial charge in [0, 0.05) is 19.1 Å². The number of hydrogen-bond acceptors (Lipinski definition) is 3. The number of nitrogens with two attached hydrogens (primary N) is 1. The largest absolute Gasteiger partial charge is 0.374 e. The molecule has 0 aliphatic carbocycles. The normalized spacial score (nSPS) is 21.9. The Hall–Kier alpha value is -0.900. The molecular weight excluding hydrogens is 248 g/mol. The molecule has 1 aromatic carbocycles. The van der Waals surface area contributed by atoms with Crippen LogP contribution in [-0.4, -0.2) is 43.3 Å². The topological polar surface area (TPSA) is 38.5 Å². The summed E-state index contributed by atoms with van der Waals surface area (Å²) in [7, 11) is 0. The van der Waals surface area contributed by atoms with E-state index in [0.29, 0.717) is 0 Å². The predicted molar refractivity (Wildman–Crippen MR) is 84.2 cm³/mol. The second-order valence-electron chi connectivity index (χ2n) is 6.05. The van der Waals surface area contributed by atoms with Crippen LogP contribution in [-0.2, 0) is 11.2 Å². The number of nitrogens with zero attached hydrogens (tertiary/aromatic N) is 1. The Morgan fingerprint density at radius 3 is 2.55 bits per heavy atom. The van der Waals surface area contributed by atoms with Crippen molar-refractivity contribution in [3.63, 3.8) is 0 Å². The highest BCUT2D eigenvalue weighted by atomic mass is 16.5. The second kappa shape index (κ2) is 6.70. The molecule has 1 saturated heterocycles. The van der Waals surface area contributed by atoms with Crippen LogP contribution in [0.4, 0.5) is 0 Å². The molecule has 0 bridgehead atoms. The molecule has 0 amide bonds. The molecule has 0 spiro atoms. The minimum absolute atomic E-state index is 0.0736. The van der Waals surface area contributed by atoms with Crippen molar-refractivity contribution in [2.75, 3.05) is 26.2 Å². The molecule has 0 aromatic heterocycles. The number of aryl methyl sites for hydroxylation is 3. The first-order valence-electron chi connectivity index (χ1n) is 7.67. The quantitative estimate of drug-likeness (QED) is 0.916. The number of ether oxygens (including phenoxy) is 1. The van der Waals surface area contributed by atoms with Crippen molar-refractivity contribution in [2.45, 2.75) is 46.3 Å². The fourth-order valence-electron chi connectivity index (χ4n) is 3.18. The summed E-state index contributed by atoms with van der Waals surface area (Å²) in [5.41, 5.74) is 11.8. The van der Waals surface area contributed by atoms with E-state index in [9.17, 15) is 0 Å². The third-order valence-electron chi connectivity index (χ3n) is 4.38. The van der Waals surface area contributed by atoms with Crippen molar-refractivity contribution >= 4 is 0 Å². The van der Waals surface area contributed by atoms with E-state index in [0.717, 1.165) is 32.7 Å². The lowest BCUT2D eigenvalue weighted by Crippen LogP contribution is -2.51. The molecule has 1 heterocycles. The van der Waals surface area contributed by atoms with Gasteiger partial charge in [-0.3, -0.25) is 4.90 Å². The van der Waals surface area contributed by atoms with Crippen molar-refractivity contribution < 1.29 is 4.74 Å². The van der Waals surface area contributed by atoms with E-state index in [1.165, 1.54) is 22.3 Å². The van der Waals surface area contributed by atoms with Gasteiger partial charge in [0.2, 0.25) is 0 Å². The van der Waals surface area contributed by atoms with Crippen molar-refractivity contribution in [2.24, 2.45) is 5.73 Å². The fraction of sp³-hybridized carbons (Fsp3) is 0.647. The van der Waals surface area contributed by atoms with Crippen LogP contribution in [0.25, 0.3) is 0 Å². The molecule has 2 unspecified atom stereocenters. The lowest BCUT2D eigenvalue weighted by Gasteiger charge is -2.35. The Bertz CT molecular complexity index is 435. The minimum Gasteiger partial charge on any atom is -0.374 e. The molecule has 1 aliphatic rings. The first-order valence-corrected chi connectivity index (χ1v) is 7.67. The van der Waals surface area contributed by atoms with Crippen molar-refractivity contribution in [3.8, 4) is 0 Å². The molecule has 0 saturated carbocycles. The predicted octanol–water partition coefficient (Wildman–Crippen LogP) is 2.20. The lowest BCUT2D eigenvalue weighted by molar-refractivity contribution is -0.0385. The smallest absolute Gasteiger partial charge is 0.0856 e. The number of likely N-dealkylation sites (N-methyl/N-ethyl adjacent to an activating group) is 1. The van der Waals surface area contributed by atoms with E-state index in [1.54, 1.807) is 0 Å². The SMILES string of the molecule is CCN1CCOC(C(N)Cc2c(C)cc(C)cc2C)C1. The van der Waals surface area contributed by atoms with E-state index in [-0.39, 0.29) is 12.1 Å². The van der Waals surface area contributed by atoms with Crippen molar-refractivity contribution in [3.05, 3.63) is 34.4 Å². The van der Waals surface area contributed by atoms with Crippen LogP contribution in [0, 0.1) is 20.8 Å². The Labute approximate surface area is 123 Å². The summed E-state index contributed by atoms with van der Waals surface area (Å²) in [6.45, 7) is 12.6. The molecule has 2 atom stereocenters. The Kier molecular flexibility index (Phi) is 5.19. The molecule has 0 radical (unpaired) electrons. The van der Waals surface area contributed by atoms with Gasteiger partial charge in [0.1, 0.15) is 0 Å². The average Bonchev–Trinajstić information content (AvgIpc) is 2.42. The first kappa shape index (κ1) is 15.5. The van der Waals surface area contributed by atoms with Gasteiger partial charge in [-0.2, -0.15) is 0 Å². The number of rotatable bonds is 4. The maximum absolute atomic E-state index is 6.42. The van der Waals surface area contributed by atoms with Gasteiger partial charge in [0.25, 0.3) is 0 Å². The van der Waals surface area contributed by atoms with Crippen molar-refractivity contribution in [1.82, 2.24) is 4.90 Å². The highest BCUT2D eigenvalue weighted by Crippen LogP contribution is 2.20. The van der Waals surface area contributed by atoms with Gasteiger partial charge in [0.05, 0.1) is 12.7 Å². The molecule has 3 heteroatoms. The Morgan fingerprint density at radius 2 is 1.95 bits per heavy atom. The summed E-state index contributed by atoms with van der Waals surface area (Å²) in [5.74, 6) is 0. The summed E-state index contributed by atoms with van der Waals surface area (Å²) in [4.78, 5) is 2.42. The summed E-state index contributed by atoms with van der Waals surface area (Å²) >= 11 is 0. The standard InChI is InChI=1S/C17H28N2O/c1-5-19-6-7-20-17(11-19)16(18)10-15-13(3)8-12(2)9-14(15)4/h8-9,16-17H,5-7,10-11,18H2,1-4H3. The molecule has 3 nitrogen and oxygen atoms in total. The van der Waals surface area contributed by atoms with Gasteiger partial charge in [-0.1, -0.05) is 24.6 Å². The van der Waals surface area contributed by atoms with Crippen LogP contribution >= 0.6 is 0 Å². The van der Waals surface area contributed by atoms with Crippen LogP contribution in [0.15, 0.2) is 12.1 Å². The zero-order chi connectivity index (χ0) is 14.7. The minimum atomic E-state index is 0.0736. The molecule has 1 fully saturated rings. The van der Waals surface area contributed by atoms with Crippen LogP contribution in [0.2, 0.25) is 0 Å². The average molecular weight is 276 g/mol. The van der Waals surface area contributed by atoms with E-state index in [1.807, 2.05) is 0 Å². The second-order valence-corrected chi connectivity index (χ2v) is 6.05. The molecule has 1 aromatic rings. The van der Waals surface area contributed by atoms with Crippen LogP contribution in [0.3, 0.4) is 0 Å². The maximum atomic E-state index is 6.42. The van der Waals surface area contributed by atoms with E-state index in [2.05, 4.69) is 44.7 Å². The van der Waals surface area contributed by atoms with E-state index >= 15 is 0 Å². The zero-order valence-electron chi connectivity index (χ0n) is 13.3. The fourth-order valence-corrected chi connectivity index (χ4v) is 3.18. The van der Waals surface area contributed by atoms with Crippen LogP contribution < -0.4 is 5.73 Å². The third-order valence-corrected chi connectivity index (χ3v) is 4.38. The molecular formula is C17H28N2O. The van der Waals surface area contributed by atoms with Crippen LogP contribution in [0.5, 0.6) is 0 Å². The lowest BCUT2D eigenvalue weighted by atomic mass is 9.92. The zero-order valence-corrected chi connectivity index (χ0v) is 13.3. The highest BCUT2D eigenvalue weighted by molar-refractivity contribution is 5.38. The molecule has 2 N–H and O–H groups in total. The number of hydrogen-bond donors (Lipinski definition) is 1. The summed E-state index contributed by atoms with van der Waals surface area (Å²) in [6.07, 6.45) is 1.06. The van der Waals surface area contributed by atoms with E-state index < -0.39 is 0 Å². The molecule has 20 heavy (non-hydrogen) atoms. The Balaban J connectivity index is 2.06. The van der Waals surface area contributed by atoms with Gasteiger partial charge in [-0.05, 0) is 50.4 Å². The summed E-state index contributed by atoms with van der Waals surface area (Å²) in [5, 5.41) is 0. The van der Waals surface area contributed by atoms with E-state index in [4.69, 9.17) is 10.5 Å². The van der Waals surface area contributed by atoms with Gasteiger partial charge in [0.15, 0.2) is 0 Å². The monoisotopic (exact) mass is 276 g/mol. The van der Waals surface area contributed by atoms with Crippen LogP contribution in [0.1, 0.15) is 29.2 Å². The van der Waals surface area contributed by atoms with Gasteiger partial charge < -0.3 is 10.5 Å². The summed E-state index contributed by atoms with van der Waals surface area (Å²) in [6, 6.07) is 4.56. The summed E-state index contributed by atoms with van der Waals surface area (Å²) < 4.78 is 5.88. The van der Waals surface area contributed by atoms with Gasteiger partial charge in [-0.25, -0.2) is 0 Å². The molecule has 1 aliphatic heterocycles. The maximum Gasteiger partial charge on any atom is 0.0856 e. The van der Waals surface area contributed by atoms with Crippen molar-refractivity contribution in [1.29, 1.82) is 0 Å². The van der Waals surface area contributed by atoms with Gasteiger partial charge in [-0.15, -0.1) is 0 Å². The molecule has 2 rings (SSSR count). The highest BCUT2D eigenvalue weighted by Gasteiger charge is 2.25. The molecule has 112 valence electrons. The third kappa shape index (κ3) is 3.60.